The van der Waals surface area contributed by atoms with Crippen molar-refractivity contribution in [1.29, 1.82) is 0 Å². The average molecular weight is 583 g/mol. The summed E-state index contributed by atoms with van der Waals surface area (Å²) in [6.07, 6.45) is 20.4. The minimum absolute atomic E-state index is 0.129. The van der Waals surface area contributed by atoms with Gasteiger partial charge in [0.25, 0.3) is 0 Å². The lowest BCUT2D eigenvalue weighted by Gasteiger charge is -2.36. The number of carbonyl (C=O) groups is 3. The highest BCUT2D eigenvalue weighted by atomic mass is 16.4. The maximum absolute atomic E-state index is 10.5. The number of hydrogen-bond acceptors (Lipinski definition) is 3. The number of hydrogen-bond donors (Lipinski definition) is 3. The Labute approximate surface area is 253 Å². The molecule has 0 heterocycles. The molecule has 0 aromatic carbocycles. The lowest BCUT2D eigenvalue weighted by Crippen LogP contribution is -2.26. The van der Waals surface area contributed by atoms with E-state index in [0.717, 1.165) is 38.5 Å². The van der Waals surface area contributed by atoms with Crippen LogP contribution in [0.25, 0.3) is 0 Å². The predicted molar refractivity (Wildman–Crippen MR) is 171 cm³/mol. The molecule has 0 radical (unpaired) electrons. The van der Waals surface area contributed by atoms with Crippen LogP contribution in [-0.4, -0.2) is 33.2 Å². The Morgan fingerprint density at radius 2 is 1.43 bits per heavy atom. The first-order chi connectivity index (χ1) is 19.3. The summed E-state index contributed by atoms with van der Waals surface area (Å²) in [4.78, 5) is 31.4. The highest BCUT2D eigenvalue weighted by molar-refractivity contribution is 5.80. The first-order valence-corrected chi connectivity index (χ1v) is 15.1. The minimum atomic E-state index is -0.869. The van der Waals surface area contributed by atoms with Crippen LogP contribution in [0.1, 0.15) is 114 Å². The number of aliphatic carboxylic acids is 3. The van der Waals surface area contributed by atoms with Crippen LogP contribution in [0.2, 0.25) is 0 Å². The second-order valence-corrected chi connectivity index (χ2v) is 13.8. The van der Waals surface area contributed by atoms with Crippen LogP contribution in [0, 0.1) is 22.2 Å². The van der Waals surface area contributed by atoms with E-state index in [4.69, 9.17) is 15.3 Å². The van der Waals surface area contributed by atoms with Crippen LogP contribution < -0.4 is 0 Å². The molecule has 1 atom stereocenters. The zero-order valence-corrected chi connectivity index (χ0v) is 27.3. The van der Waals surface area contributed by atoms with Gasteiger partial charge in [-0.1, -0.05) is 88.6 Å². The molecule has 0 aliphatic heterocycles. The normalized spacial score (nSPS) is 23.7. The molecular formula is C36H54O6. The summed E-state index contributed by atoms with van der Waals surface area (Å²) >= 11 is 0. The van der Waals surface area contributed by atoms with Crippen molar-refractivity contribution in [3.63, 3.8) is 0 Å². The van der Waals surface area contributed by atoms with Gasteiger partial charge in [0, 0.05) is 18.1 Å². The smallest absolute Gasteiger partial charge is 0.328 e. The fraction of sp³-hybridized carbons (Fsp3) is 0.583. The van der Waals surface area contributed by atoms with Crippen LogP contribution in [0.5, 0.6) is 0 Å². The molecule has 0 spiro atoms. The Kier molecular flexibility index (Phi) is 14.0. The molecule has 0 amide bonds. The van der Waals surface area contributed by atoms with E-state index in [1.165, 1.54) is 46.4 Å². The van der Waals surface area contributed by atoms with Crippen molar-refractivity contribution < 1.29 is 29.7 Å². The molecule has 1 unspecified atom stereocenters. The third-order valence-electron chi connectivity index (χ3n) is 8.81. The van der Waals surface area contributed by atoms with Crippen molar-refractivity contribution in [2.24, 2.45) is 22.2 Å². The third kappa shape index (κ3) is 12.0. The molecule has 0 fully saturated rings. The second kappa shape index (κ2) is 15.9. The first kappa shape index (κ1) is 36.9. The molecule has 0 saturated heterocycles. The van der Waals surface area contributed by atoms with Gasteiger partial charge in [-0.25, -0.2) is 9.59 Å². The summed E-state index contributed by atoms with van der Waals surface area (Å²) in [5.74, 6) is -2.22. The maximum atomic E-state index is 10.5. The molecule has 0 bridgehead atoms. The van der Waals surface area contributed by atoms with Crippen LogP contribution >= 0.6 is 0 Å². The lowest BCUT2D eigenvalue weighted by atomic mass is 9.68. The summed E-state index contributed by atoms with van der Waals surface area (Å²) in [5.41, 5.74) is 6.71. The molecule has 0 aromatic rings. The van der Waals surface area contributed by atoms with Crippen molar-refractivity contribution in [1.82, 2.24) is 0 Å². The van der Waals surface area contributed by atoms with Crippen LogP contribution in [-0.2, 0) is 14.4 Å². The summed E-state index contributed by atoms with van der Waals surface area (Å²) in [5, 5.41) is 25.8. The van der Waals surface area contributed by atoms with Crippen molar-refractivity contribution >= 4 is 17.9 Å². The minimum Gasteiger partial charge on any atom is -0.481 e. The van der Waals surface area contributed by atoms with E-state index in [-0.39, 0.29) is 28.6 Å². The monoisotopic (exact) mass is 582 g/mol. The summed E-state index contributed by atoms with van der Waals surface area (Å²) < 4.78 is 0. The van der Waals surface area contributed by atoms with E-state index in [1.807, 2.05) is 12.2 Å². The van der Waals surface area contributed by atoms with E-state index < -0.39 is 17.9 Å². The van der Waals surface area contributed by atoms with Crippen molar-refractivity contribution in [2.75, 3.05) is 0 Å². The van der Waals surface area contributed by atoms with Gasteiger partial charge >= 0.3 is 17.9 Å². The number of carboxylic acid groups (broad SMARTS) is 3. The van der Waals surface area contributed by atoms with E-state index in [0.29, 0.717) is 0 Å². The van der Waals surface area contributed by atoms with E-state index in [1.54, 1.807) is 6.08 Å². The van der Waals surface area contributed by atoms with E-state index in [9.17, 15) is 14.4 Å². The predicted octanol–water partition coefficient (Wildman–Crippen LogP) is 9.32. The summed E-state index contributed by atoms with van der Waals surface area (Å²) in [6.45, 7) is 19.3. The second-order valence-electron chi connectivity index (χ2n) is 13.8. The molecule has 0 saturated carbocycles. The molecule has 3 aliphatic carbocycles. The van der Waals surface area contributed by atoms with Crippen LogP contribution in [0.3, 0.4) is 0 Å². The van der Waals surface area contributed by atoms with Gasteiger partial charge in [0.05, 0.1) is 6.42 Å². The van der Waals surface area contributed by atoms with Gasteiger partial charge in [0.2, 0.25) is 0 Å². The number of carboxylic acids is 3. The van der Waals surface area contributed by atoms with Gasteiger partial charge in [0.1, 0.15) is 0 Å². The fourth-order valence-electron chi connectivity index (χ4n) is 6.38. The standard InChI is InChI=1S/3C12H18O2/c3*1-9-5-4-8-12(2,3)10(9)6-7-11(13)14/h6-7H,4-5,8H2,1-3H3,(H,13,14);5-6H,4,7-8H2,1-3H3,(H,13,14);5-7,10H,4,8H2,1-3H3,(H,13,14)/b7-6+;10-6+;7-6+. The molecule has 3 N–H and O–H groups in total. The molecular weight excluding hydrogens is 528 g/mol. The SMILES string of the molecule is CC1=C(/C=C/C(=O)O)C(C)(C)CCC1.CC1=CCCC(C)(C)/C1=C/CC(=O)O.CC1=CCCC(C)(C)C1/C=C/C(=O)O. The zero-order chi connectivity index (χ0) is 32.3. The van der Waals surface area contributed by atoms with Gasteiger partial charge in [-0.05, 0) is 93.1 Å². The number of rotatable bonds is 6. The molecule has 0 aromatic heterocycles. The van der Waals surface area contributed by atoms with E-state index >= 15 is 0 Å². The topological polar surface area (TPSA) is 112 Å². The van der Waals surface area contributed by atoms with E-state index in [2.05, 4.69) is 74.5 Å². The largest absolute Gasteiger partial charge is 0.481 e. The van der Waals surface area contributed by atoms with Crippen LogP contribution in [0.15, 0.2) is 70.4 Å². The average Bonchev–Trinajstić information content (AvgIpc) is 2.82. The Morgan fingerprint density at radius 3 is 1.93 bits per heavy atom. The van der Waals surface area contributed by atoms with Gasteiger partial charge in [-0.2, -0.15) is 0 Å². The summed E-state index contributed by atoms with van der Waals surface area (Å²) in [7, 11) is 0. The molecule has 6 nitrogen and oxygen atoms in total. The quantitative estimate of drug-likeness (QED) is 0.212. The fourth-order valence-corrected chi connectivity index (χ4v) is 6.38. The van der Waals surface area contributed by atoms with Gasteiger partial charge in [-0.3, -0.25) is 4.79 Å². The highest BCUT2D eigenvalue weighted by Gasteiger charge is 2.31. The Balaban J connectivity index is 0.000000315. The first-order valence-electron chi connectivity index (χ1n) is 15.1. The Morgan fingerprint density at radius 1 is 0.833 bits per heavy atom. The Hall–Kier alpha value is -3.15. The maximum Gasteiger partial charge on any atom is 0.328 e. The lowest BCUT2D eigenvalue weighted by molar-refractivity contribution is -0.136. The van der Waals surface area contributed by atoms with Gasteiger partial charge in [-0.15, -0.1) is 0 Å². The van der Waals surface area contributed by atoms with Crippen molar-refractivity contribution in [3.8, 4) is 0 Å². The van der Waals surface area contributed by atoms with Gasteiger partial charge in [0.15, 0.2) is 0 Å². The third-order valence-corrected chi connectivity index (χ3v) is 8.81. The number of allylic oxidation sites excluding steroid dienone is 9. The molecule has 6 heteroatoms. The van der Waals surface area contributed by atoms with Crippen molar-refractivity contribution in [3.05, 3.63) is 70.4 Å². The van der Waals surface area contributed by atoms with Crippen molar-refractivity contribution in [2.45, 2.75) is 114 Å². The molecule has 42 heavy (non-hydrogen) atoms. The van der Waals surface area contributed by atoms with Gasteiger partial charge < -0.3 is 15.3 Å². The zero-order valence-electron chi connectivity index (χ0n) is 27.3. The molecule has 3 rings (SSSR count). The highest BCUT2D eigenvalue weighted by Crippen LogP contribution is 2.42. The Bertz CT molecular complexity index is 1170. The molecule has 3 aliphatic rings. The summed E-state index contributed by atoms with van der Waals surface area (Å²) in [6, 6.07) is 0. The molecule has 234 valence electrons. The van der Waals surface area contributed by atoms with Crippen LogP contribution in [0.4, 0.5) is 0 Å².